The van der Waals surface area contributed by atoms with Gasteiger partial charge in [-0.1, -0.05) is 13.2 Å². The maximum absolute atomic E-state index is 11.5. The molecule has 0 aromatic rings. The minimum atomic E-state index is -1.24. The summed E-state index contributed by atoms with van der Waals surface area (Å²) in [6.45, 7) is 6.92. The van der Waals surface area contributed by atoms with E-state index in [1.807, 2.05) is 0 Å². The Morgan fingerprint density at radius 2 is 1.67 bits per heavy atom. The van der Waals surface area contributed by atoms with Crippen LogP contribution >= 0.6 is 0 Å². The summed E-state index contributed by atoms with van der Waals surface area (Å²) < 4.78 is 0. The monoisotopic (exact) mass is 254 g/mol. The van der Waals surface area contributed by atoms with Crippen LogP contribution in [-0.2, 0) is 14.4 Å². The molecule has 0 fully saturated rings. The molecule has 0 saturated heterocycles. The Morgan fingerprint density at radius 3 is 2.00 bits per heavy atom. The van der Waals surface area contributed by atoms with E-state index in [2.05, 4.69) is 13.2 Å². The van der Waals surface area contributed by atoms with Gasteiger partial charge in [0.1, 0.15) is 6.04 Å². The molecule has 2 amide bonds. The van der Waals surface area contributed by atoms with Crippen molar-refractivity contribution in [2.75, 3.05) is 6.54 Å². The molecule has 1 unspecified atom stereocenters. The first-order valence-corrected chi connectivity index (χ1v) is 5.54. The molecule has 0 aliphatic heterocycles. The number of nitrogens with two attached hydrogens (primary N) is 1. The average Bonchev–Trinajstić information content (AvgIpc) is 2.36. The number of hydrogen-bond donors (Lipinski definition) is 2. The molecular formula is C12H18N2O4. The van der Waals surface area contributed by atoms with Gasteiger partial charge in [0.2, 0.25) is 0 Å². The molecule has 18 heavy (non-hydrogen) atoms. The molecule has 100 valence electrons. The van der Waals surface area contributed by atoms with E-state index >= 15 is 0 Å². The molecule has 0 rings (SSSR count). The lowest BCUT2D eigenvalue weighted by Crippen LogP contribution is -2.47. The zero-order valence-electron chi connectivity index (χ0n) is 10.2. The van der Waals surface area contributed by atoms with Crippen molar-refractivity contribution in [3.8, 4) is 0 Å². The molecule has 0 bridgehead atoms. The second kappa shape index (κ2) is 8.19. The molecule has 0 saturated carbocycles. The molecule has 0 aliphatic rings. The van der Waals surface area contributed by atoms with E-state index < -0.39 is 23.8 Å². The zero-order chi connectivity index (χ0) is 14.1. The van der Waals surface area contributed by atoms with Crippen LogP contribution in [0.3, 0.4) is 0 Å². The Morgan fingerprint density at radius 1 is 1.17 bits per heavy atom. The Labute approximate surface area is 106 Å². The minimum absolute atomic E-state index is 0.158. The van der Waals surface area contributed by atoms with Crippen molar-refractivity contribution < 1.29 is 19.5 Å². The lowest BCUT2D eigenvalue weighted by molar-refractivity contribution is -0.154. The van der Waals surface area contributed by atoms with E-state index in [1.54, 1.807) is 0 Å². The van der Waals surface area contributed by atoms with Gasteiger partial charge in [-0.15, -0.1) is 0 Å². The van der Waals surface area contributed by atoms with Crippen molar-refractivity contribution in [2.45, 2.75) is 25.3 Å². The summed E-state index contributed by atoms with van der Waals surface area (Å²) in [4.78, 5) is 34.9. The summed E-state index contributed by atoms with van der Waals surface area (Å²) in [7, 11) is 0. The van der Waals surface area contributed by atoms with Gasteiger partial charge in [-0.3, -0.25) is 14.5 Å². The maximum Gasteiger partial charge on any atom is 0.326 e. The first-order valence-electron chi connectivity index (χ1n) is 5.54. The molecule has 0 spiro atoms. The van der Waals surface area contributed by atoms with Crippen LogP contribution in [0.25, 0.3) is 0 Å². The molecule has 0 radical (unpaired) electrons. The number of rotatable bonds is 8. The van der Waals surface area contributed by atoms with Gasteiger partial charge < -0.3 is 10.8 Å². The highest BCUT2D eigenvalue weighted by atomic mass is 16.4. The van der Waals surface area contributed by atoms with Gasteiger partial charge in [-0.25, -0.2) is 4.79 Å². The fourth-order valence-electron chi connectivity index (χ4n) is 1.46. The third kappa shape index (κ3) is 4.50. The van der Waals surface area contributed by atoms with E-state index in [9.17, 15) is 14.4 Å². The lowest BCUT2D eigenvalue weighted by Gasteiger charge is -2.25. The fraction of sp³-hybridized carbons (Fsp3) is 0.417. The number of carboxylic acid groups (broad SMARTS) is 1. The number of carboxylic acids is 1. The Kier molecular flexibility index (Phi) is 7.30. The van der Waals surface area contributed by atoms with E-state index in [0.717, 1.165) is 12.2 Å². The molecular weight excluding hydrogens is 236 g/mol. The van der Waals surface area contributed by atoms with E-state index in [1.165, 1.54) is 0 Å². The molecule has 3 N–H and O–H groups in total. The number of imide groups is 1. The number of aliphatic carboxylic acids is 1. The largest absolute Gasteiger partial charge is 0.480 e. The van der Waals surface area contributed by atoms with Crippen molar-refractivity contribution in [2.24, 2.45) is 5.73 Å². The van der Waals surface area contributed by atoms with Gasteiger partial charge in [-0.05, 0) is 38.0 Å². The van der Waals surface area contributed by atoms with Crippen LogP contribution in [0.2, 0.25) is 0 Å². The van der Waals surface area contributed by atoms with Gasteiger partial charge in [0, 0.05) is 0 Å². The van der Waals surface area contributed by atoms with Crippen LogP contribution in [0.15, 0.2) is 25.3 Å². The van der Waals surface area contributed by atoms with Crippen LogP contribution in [0.1, 0.15) is 19.3 Å². The topological polar surface area (TPSA) is 101 Å². The smallest absolute Gasteiger partial charge is 0.326 e. The first kappa shape index (κ1) is 16.1. The third-order valence-electron chi connectivity index (χ3n) is 2.35. The third-order valence-corrected chi connectivity index (χ3v) is 2.35. The Bertz CT molecular complexity index is 332. The number of carbonyl (C=O) groups excluding carboxylic acids is 2. The summed E-state index contributed by atoms with van der Waals surface area (Å²) in [6.07, 6.45) is 3.10. The minimum Gasteiger partial charge on any atom is -0.480 e. The van der Waals surface area contributed by atoms with Gasteiger partial charge in [0.05, 0.1) is 0 Å². The summed E-state index contributed by atoms with van der Waals surface area (Å²) in [5.41, 5.74) is 5.31. The SMILES string of the molecule is C=CC(=O)N(C(=O)C=C)C(CCCCN)C(=O)O. The summed E-state index contributed by atoms with van der Waals surface area (Å²) >= 11 is 0. The average molecular weight is 254 g/mol. The summed E-state index contributed by atoms with van der Waals surface area (Å²) in [5, 5.41) is 9.09. The number of hydrogen-bond acceptors (Lipinski definition) is 4. The second-order valence-electron chi connectivity index (χ2n) is 3.59. The lowest BCUT2D eigenvalue weighted by atomic mass is 10.1. The van der Waals surface area contributed by atoms with Crippen molar-refractivity contribution in [3.63, 3.8) is 0 Å². The van der Waals surface area contributed by atoms with Gasteiger partial charge in [0.25, 0.3) is 11.8 Å². The van der Waals surface area contributed by atoms with Crippen LogP contribution in [0.4, 0.5) is 0 Å². The van der Waals surface area contributed by atoms with E-state index in [-0.39, 0.29) is 6.42 Å². The quantitative estimate of drug-likeness (QED) is 0.479. The van der Waals surface area contributed by atoms with Crippen LogP contribution in [0, 0.1) is 0 Å². The van der Waals surface area contributed by atoms with Crippen LogP contribution < -0.4 is 5.73 Å². The normalized spacial score (nSPS) is 11.4. The molecule has 6 heteroatoms. The zero-order valence-corrected chi connectivity index (χ0v) is 10.2. The van der Waals surface area contributed by atoms with Crippen LogP contribution in [0.5, 0.6) is 0 Å². The first-order chi connectivity index (χ1) is 8.49. The van der Waals surface area contributed by atoms with Gasteiger partial charge >= 0.3 is 5.97 Å². The standard InChI is InChI=1S/C12H18N2O4/c1-3-10(15)14(11(16)4-2)9(12(17)18)7-5-6-8-13/h3-4,9H,1-2,5-8,13H2,(H,17,18). The molecule has 0 aliphatic carbocycles. The number of amides is 2. The highest BCUT2D eigenvalue weighted by molar-refractivity contribution is 6.07. The molecule has 1 atom stereocenters. The molecule has 0 aromatic carbocycles. The number of unbranched alkanes of at least 4 members (excludes halogenated alkanes) is 1. The molecule has 6 nitrogen and oxygen atoms in total. The predicted octanol–water partition coefficient (Wildman–Crippen LogP) is 0.296. The molecule has 0 aromatic heterocycles. The van der Waals surface area contributed by atoms with Crippen molar-refractivity contribution in [3.05, 3.63) is 25.3 Å². The Hall–Kier alpha value is -1.95. The fourth-order valence-corrected chi connectivity index (χ4v) is 1.46. The van der Waals surface area contributed by atoms with Crippen molar-refractivity contribution in [1.82, 2.24) is 4.90 Å². The number of nitrogens with zero attached hydrogens (tertiary/aromatic N) is 1. The summed E-state index contributed by atoms with van der Waals surface area (Å²) in [6, 6.07) is -1.22. The highest BCUT2D eigenvalue weighted by Crippen LogP contribution is 2.11. The van der Waals surface area contributed by atoms with E-state index in [0.29, 0.717) is 24.3 Å². The molecule has 0 heterocycles. The predicted molar refractivity (Wildman–Crippen MR) is 66.6 cm³/mol. The Balaban J connectivity index is 5.03. The van der Waals surface area contributed by atoms with Crippen molar-refractivity contribution in [1.29, 1.82) is 0 Å². The number of carbonyl (C=O) groups is 3. The van der Waals surface area contributed by atoms with Crippen molar-refractivity contribution >= 4 is 17.8 Å². The van der Waals surface area contributed by atoms with Gasteiger partial charge in [-0.2, -0.15) is 0 Å². The van der Waals surface area contributed by atoms with Gasteiger partial charge in [0.15, 0.2) is 0 Å². The maximum atomic E-state index is 11.5. The second-order valence-corrected chi connectivity index (χ2v) is 3.59. The van der Waals surface area contributed by atoms with Crippen LogP contribution in [-0.4, -0.2) is 40.4 Å². The summed E-state index contributed by atoms with van der Waals surface area (Å²) in [5.74, 6) is -2.74. The van der Waals surface area contributed by atoms with E-state index in [4.69, 9.17) is 10.8 Å². The highest BCUT2D eigenvalue weighted by Gasteiger charge is 2.31.